The molecule has 2 atom stereocenters. The molecule has 0 aromatic heterocycles. The fraction of sp³-hybridized carbons (Fsp3) is 0.480. The number of hydrogen-bond donors (Lipinski definition) is 2. The molecule has 6 heteroatoms. The number of aromatic hydroxyl groups is 1. The van der Waals surface area contributed by atoms with Gasteiger partial charge in [-0.25, -0.2) is 0 Å². The Kier molecular flexibility index (Phi) is 5.95. The highest BCUT2D eigenvalue weighted by Gasteiger charge is 2.42. The number of rotatable bonds is 5. The van der Waals surface area contributed by atoms with Crippen LogP contribution in [0.4, 0.5) is 0 Å². The number of nitrogens with one attached hydrogen (secondary N) is 1. The van der Waals surface area contributed by atoms with Gasteiger partial charge in [0, 0.05) is 12.0 Å². The van der Waals surface area contributed by atoms with Crippen molar-refractivity contribution in [2.75, 3.05) is 13.2 Å². The molecular weight excluding hydrogens is 394 g/mol. The molecule has 2 aliphatic heterocycles. The quantitative estimate of drug-likeness (QED) is 0.767. The molecule has 6 nitrogen and oxygen atoms in total. The molecule has 0 aliphatic carbocycles. The molecule has 31 heavy (non-hydrogen) atoms. The van der Waals surface area contributed by atoms with E-state index in [0.717, 1.165) is 27.8 Å². The molecule has 2 aliphatic rings. The Morgan fingerprint density at radius 3 is 2.48 bits per heavy atom. The van der Waals surface area contributed by atoms with E-state index in [0.29, 0.717) is 44.0 Å². The first-order valence-corrected chi connectivity index (χ1v) is 10.9. The third-order valence-corrected chi connectivity index (χ3v) is 6.59. The lowest BCUT2D eigenvalue weighted by atomic mass is 9.86. The number of ether oxygens (including phenoxy) is 3. The van der Waals surface area contributed by atoms with Crippen molar-refractivity contribution >= 4 is 5.91 Å². The van der Waals surface area contributed by atoms with Gasteiger partial charge in [0.15, 0.2) is 11.9 Å². The lowest BCUT2D eigenvalue weighted by Crippen LogP contribution is -2.56. The molecule has 0 bridgehead atoms. The molecule has 1 saturated heterocycles. The van der Waals surface area contributed by atoms with Crippen molar-refractivity contribution in [3.05, 3.63) is 58.1 Å². The van der Waals surface area contributed by atoms with E-state index in [2.05, 4.69) is 5.32 Å². The zero-order valence-electron chi connectivity index (χ0n) is 18.7. The van der Waals surface area contributed by atoms with Gasteiger partial charge in [-0.2, -0.15) is 0 Å². The molecule has 2 N–H and O–H groups in total. The van der Waals surface area contributed by atoms with Crippen LogP contribution in [-0.2, 0) is 27.1 Å². The first-order valence-electron chi connectivity index (χ1n) is 10.9. The molecule has 0 radical (unpaired) electrons. The summed E-state index contributed by atoms with van der Waals surface area (Å²) in [6, 6.07) is 9.68. The third kappa shape index (κ3) is 4.14. The van der Waals surface area contributed by atoms with Gasteiger partial charge in [0.25, 0.3) is 5.91 Å². The van der Waals surface area contributed by atoms with Gasteiger partial charge in [-0.15, -0.1) is 0 Å². The van der Waals surface area contributed by atoms with Crippen LogP contribution in [0.1, 0.15) is 41.2 Å². The SMILES string of the molecule is Cc1c(C)c2c(c(C)c1O)CC[C@@](C)(C(=O)N[C@@H](Cc1ccccc1)C1OCCO1)O2. The van der Waals surface area contributed by atoms with Crippen LogP contribution in [-0.4, -0.2) is 42.2 Å². The smallest absolute Gasteiger partial charge is 0.264 e. The lowest BCUT2D eigenvalue weighted by molar-refractivity contribution is -0.142. The van der Waals surface area contributed by atoms with E-state index in [1.807, 2.05) is 58.0 Å². The molecular formula is C25H31NO5. The summed E-state index contributed by atoms with van der Waals surface area (Å²) in [6.07, 6.45) is 1.32. The van der Waals surface area contributed by atoms with Crippen LogP contribution in [0.15, 0.2) is 30.3 Å². The van der Waals surface area contributed by atoms with Crippen LogP contribution in [0.3, 0.4) is 0 Å². The van der Waals surface area contributed by atoms with Gasteiger partial charge in [-0.1, -0.05) is 30.3 Å². The van der Waals surface area contributed by atoms with Crippen LogP contribution in [0.25, 0.3) is 0 Å². The number of phenolic OH excluding ortho intramolecular Hbond substituents is 1. The minimum absolute atomic E-state index is 0.180. The molecule has 2 heterocycles. The first kappa shape index (κ1) is 21.7. The summed E-state index contributed by atoms with van der Waals surface area (Å²) in [4.78, 5) is 13.4. The number of benzene rings is 2. The molecule has 0 unspecified atom stereocenters. The van der Waals surface area contributed by atoms with Gasteiger partial charge in [0.1, 0.15) is 11.5 Å². The summed E-state index contributed by atoms with van der Waals surface area (Å²) in [6.45, 7) is 8.57. The molecule has 0 spiro atoms. The maximum atomic E-state index is 13.4. The van der Waals surface area contributed by atoms with Crippen molar-refractivity contribution < 1.29 is 24.1 Å². The van der Waals surface area contributed by atoms with E-state index in [-0.39, 0.29) is 11.9 Å². The molecule has 1 fully saturated rings. The van der Waals surface area contributed by atoms with E-state index >= 15 is 0 Å². The zero-order chi connectivity index (χ0) is 22.2. The molecule has 166 valence electrons. The first-order chi connectivity index (χ1) is 14.8. The highest BCUT2D eigenvalue weighted by molar-refractivity contribution is 5.86. The molecule has 2 aromatic carbocycles. The minimum Gasteiger partial charge on any atom is -0.507 e. The predicted octanol–water partition coefficient (Wildman–Crippen LogP) is 3.50. The van der Waals surface area contributed by atoms with Crippen molar-refractivity contribution in [1.29, 1.82) is 0 Å². The van der Waals surface area contributed by atoms with E-state index in [1.54, 1.807) is 0 Å². The Morgan fingerprint density at radius 2 is 1.81 bits per heavy atom. The number of carbonyl (C=O) groups is 1. The topological polar surface area (TPSA) is 77.0 Å². The van der Waals surface area contributed by atoms with Gasteiger partial charge < -0.3 is 24.6 Å². The van der Waals surface area contributed by atoms with Gasteiger partial charge >= 0.3 is 0 Å². The van der Waals surface area contributed by atoms with Crippen LogP contribution in [0.5, 0.6) is 11.5 Å². The molecule has 2 aromatic rings. The fourth-order valence-electron chi connectivity index (χ4n) is 4.42. The summed E-state index contributed by atoms with van der Waals surface area (Å²) in [5.74, 6) is 0.844. The Balaban J connectivity index is 1.56. The Labute approximate surface area is 183 Å². The number of carbonyl (C=O) groups excluding carboxylic acids is 1. The average molecular weight is 426 g/mol. The summed E-state index contributed by atoms with van der Waals surface area (Å²) in [7, 11) is 0. The van der Waals surface area contributed by atoms with E-state index in [9.17, 15) is 9.90 Å². The van der Waals surface area contributed by atoms with E-state index in [1.165, 1.54) is 0 Å². The minimum atomic E-state index is -1.01. The van der Waals surface area contributed by atoms with Crippen LogP contribution >= 0.6 is 0 Å². The number of hydrogen-bond acceptors (Lipinski definition) is 5. The highest BCUT2D eigenvalue weighted by atomic mass is 16.7. The van der Waals surface area contributed by atoms with Crippen molar-refractivity contribution in [2.45, 2.75) is 64.9 Å². The van der Waals surface area contributed by atoms with Crippen LogP contribution in [0, 0.1) is 20.8 Å². The predicted molar refractivity (Wildman–Crippen MR) is 117 cm³/mol. The summed E-state index contributed by atoms with van der Waals surface area (Å²) < 4.78 is 17.8. The van der Waals surface area contributed by atoms with Crippen LogP contribution < -0.4 is 10.1 Å². The third-order valence-electron chi connectivity index (χ3n) is 6.59. The second kappa shape index (κ2) is 8.52. The van der Waals surface area contributed by atoms with Gasteiger partial charge in [-0.3, -0.25) is 4.79 Å². The second-order valence-corrected chi connectivity index (χ2v) is 8.74. The standard InChI is InChI=1S/C25H31NO5/c1-15-16(2)22-19(17(3)21(15)27)10-11-25(4,31-22)24(28)26-20(23-29-12-13-30-23)14-18-8-6-5-7-9-18/h5-9,20,23,27H,10-14H2,1-4H3,(H,26,28)/t20-,25-/m0/s1. The van der Waals surface area contributed by atoms with Crippen LogP contribution in [0.2, 0.25) is 0 Å². The average Bonchev–Trinajstić information content (AvgIpc) is 3.31. The Bertz CT molecular complexity index is 968. The van der Waals surface area contributed by atoms with Gasteiger partial charge in [0.2, 0.25) is 0 Å². The normalized spacial score (nSPS) is 21.9. The molecule has 1 amide bonds. The van der Waals surface area contributed by atoms with Crippen molar-refractivity contribution in [1.82, 2.24) is 5.32 Å². The highest BCUT2D eigenvalue weighted by Crippen LogP contribution is 2.43. The number of amides is 1. The molecule has 4 rings (SSSR count). The summed E-state index contributed by atoms with van der Waals surface area (Å²) in [5.41, 5.74) is 3.56. The maximum absolute atomic E-state index is 13.4. The summed E-state index contributed by atoms with van der Waals surface area (Å²) >= 11 is 0. The summed E-state index contributed by atoms with van der Waals surface area (Å²) in [5, 5.41) is 13.5. The largest absolute Gasteiger partial charge is 0.507 e. The van der Waals surface area contributed by atoms with Crippen molar-refractivity contribution in [2.24, 2.45) is 0 Å². The number of fused-ring (bicyclic) bond motifs is 1. The maximum Gasteiger partial charge on any atom is 0.264 e. The van der Waals surface area contributed by atoms with E-state index in [4.69, 9.17) is 14.2 Å². The zero-order valence-corrected chi connectivity index (χ0v) is 18.7. The fourth-order valence-corrected chi connectivity index (χ4v) is 4.42. The Hall–Kier alpha value is -2.57. The number of phenols is 1. The molecule has 0 saturated carbocycles. The van der Waals surface area contributed by atoms with E-state index < -0.39 is 11.9 Å². The lowest BCUT2D eigenvalue weighted by Gasteiger charge is -2.38. The van der Waals surface area contributed by atoms with Crippen molar-refractivity contribution in [3.63, 3.8) is 0 Å². The second-order valence-electron chi connectivity index (χ2n) is 8.74. The van der Waals surface area contributed by atoms with Crippen molar-refractivity contribution in [3.8, 4) is 11.5 Å². The monoisotopic (exact) mass is 425 g/mol. The van der Waals surface area contributed by atoms with Gasteiger partial charge in [-0.05, 0) is 62.8 Å². The Morgan fingerprint density at radius 1 is 1.13 bits per heavy atom. The van der Waals surface area contributed by atoms with Gasteiger partial charge in [0.05, 0.1) is 19.3 Å².